The van der Waals surface area contributed by atoms with E-state index in [1.54, 1.807) is 44.4 Å². The number of halogens is 1. The molecular weight excluding hydrogens is 426 g/mol. The third-order valence-electron chi connectivity index (χ3n) is 5.55. The van der Waals surface area contributed by atoms with Crippen LogP contribution < -0.4 is 10.1 Å². The van der Waals surface area contributed by atoms with Gasteiger partial charge in [0.25, 0.3) is 5.91 Å². The number of sulfonamides is 1. The van der Waals surface area contributed by atoms with Gasteiger partial charge in [-0.3, -0.25) is 9.79 Å². The van der Waals surface area contributed by atoms with Crippen LogP contribution in [0.2, 0.25) is 5.02 Å². The molecule has 0 saturated carbocycles. The van der Waals surface area contributed by atoms with Gasteiger partial charge in [-0.25, -0.2) is 8.42 Å². The monoisotopic (exact) mass is 447 g/mol. The predicted octanol–water partition coefficient (Wildman–Crippen LogP) is 2.76. The first kappa shape index (κ1) is 20.8. The van der Waals surface area contributed by atoms with E-state index in [1.165, 1.54) is 10.4 Å². The summed E-state index contributed by atoms with van der Waals surface area (Å²) in [6.45, 7) is 2.25. The summed E-state index contributed by atoms with van der Waals surface area (Å²) in [7, 11) is -2.11. The molecule has 0 atom stereocenters. The topological polar surface area (TPSA) is 88.1 Å². The van der Waals surface area contributed by atoms with E-state index in [2.05, 4.69) is 10.3 Å². The van der Waals surface area contributed by atoms with Crippen molar-refractivity contribution in [3.63, 3.8) is 0 Å². The summed E-state index contributed by atoms with van der Waals surface area (Å²) in [4.78, 5) is 17.5. The molecule has 2 aromatic rings. The molecule has 4 rings (SSSR count). The maximum atomic E-state index is 13.1. The van der Waals surface area contributed by atoms with Crippen LogP contribution in [0.4, 0.5) is 0 Å². The Bertz CT molecular complexity index is 1140. The highest BCUT2D eigenvalue weighted by atomic mass is 35.5. The lowest BCUT2D eigenvalue weighted by atomic mass is 10.00. The maximum absolute atomic E-state index is 13.1. The van der Waals surface area contributed by atoms with Gasteiger partial charge in [-0.05, 0) is 36.8 Å². The van der Waals surface area contributed by atoms with Gasteiger partial charge >= 0.3 is 0 Å². The molecule has 0 radical (unpaired) electrons. The van der Waals surface area contributed by atoms with Crippen molar-refractivity contribution in [3.8, 4) is 5.75 Å². The zero-order valence-electron chi connectivity index (χ0n) is 16.7. The molecule has 30 heavy (non-hydrogen) atoms. The number of ether oxygens (including phenoxy) is 1. The van der Waals surface area contributed by atoms with Gasteiger partial charge in [0.1, 0.15) is 17.1 Å². The van der Waals surface area contributed by atoms with Gasteiger partial charge in [0.05, 0.1) is 12.0 Å². The Kier molecular flexibility index (Phi) is 5.34. The van der Waals surface area contributed by atoms with Crippen molar-refractivity contribution in [3.05, 3.63) is 58.6 Å². The fraction of sp³-hybridized carbons (Fsp3) is 0.333. The number of piperidine rings is 1. The first-order valence-corrected chi connectivity index (χ1v) is 11.4. The van der Waals surface area contributed by atoms with Gasteiger partial charge in [-0.2, -0.15) is 4.31 Å². The summed E-state index contributed by atoms with van der Waals surface area (Å²) in [6.07, 6.45) is 0.788. The van der Waals surface area contributed by atoms with E-state index in [0.29, 0.717) is 40.5 Å². The second-order valence-corrected chi connectivity index (χ2v) is 9.83. The van der Waals surface area contributed by atoms with Gasteiger partial charge < -0.3 is 10.1 Å². The molecule has 0 unspecified atom stereocenters. The molecule has 1 N–H and O–H groups in total. The Labute approximate surface area is 180 Å². The summed E-state index contributed by atoms with van der Waals surface area (Å²) < 4.78 is 32.9. The van der Waals surface area contributed by atoms with E-state index in [4.69, 9.17) is 16.3 Å². The van der Waals surface area contributed by atoms with E-state index < -0.39 is 15.7 Å². The Morgan fingerprint density at radius 1 is 1.17 bits per heavy atom. The van der Waals surface area contributed by atoms with Crippen LogP contribution in [0, 0.1) is 6.92 Å². The molecule has 158 valence electrons. The van der Waals surface area contributed by atoms with Crippen LogP contribution in [-0.2, 0) is 14.8 Å². The number of nitrogens with zero attached hydrogens (tertiary/aromatic N) is 2. The number of hydrogen-bond acceptors (Lipinski definition) is 5. The molecule has 1 spiro atoms. The summed E-state index contributed by atoms with van der Waals surface area (Å²) in [6, 6.07) is 12.0. The Morgan fingerprint density at radius 3 is 2.60 bits per heavy atom. The Hall–Kier alpha value is -2.42. The highest BCUT2D eigenvalue weighted by molar-refractivity contribution is 7.89. The molecular formula is C21H22ClN3O4S. The zero-order chi connectivity index (χ0) is 21.5. The van der Waals surface area contributed by atoms with E-state index in [1.807, 2.05) is 6.07 Å². The standard InChI is InChI=1S/C21H22ClN3O4S/c1-14-6-7-16(22)13-18(14)30(27,28)25-10-8-21(9-11-25)23-19(20(26)24-21)15-4-3-5-17(12-15)29-2/h3-7,12-13H,8-11H2,1-2H3,(H,24,26). The van der Waals surface area contributed by atoms with E-state index in [0.717, 1.165) is 0 Å². The number of aryl methyl sites for hydroxylation is 1. The quantitative estimate of drug-likeness (QED) is 0.780. The second kappa shape index (κ2) is 7.68. The number of nitrogens with one attached hydrogen (secondary N) is 1. The summed E-state index contributed by atoms with van der Waals surface area (Å²) in [5.74, 6) is 0.381. The number of methoxy groups -OCH3 is 1. The number of aliphatic imine (C=N–C) groups is 1. The molecule has 7 nitrogen and oxygen atoms in total. The largest absolute Gasteiger partial charge is 0.497 e. The van der Waals surface area contributed by atoms with Crippen LogP contribution in [0.15, 0.2) is 52.4 Å². The maximum Gasteiger partial charge on any atom is 0.272 e. The highest BCUT2D eigenvalue weighted by Gasteiger charge is 2.44. The van der Waals surface area contributed by atoms with Crippen molar-refractivity contribution >= 4 is 33.2 Å². The molecule has 9 heteroatoms. The van der Waals surface area contributed by atoms with Gasteiger partial charge in [0.2, 0.25) is 10.0 Å². The predicted molar refractivity (Wildman–Crippen MR) is 115 cm³/mol. The number of hydrogen-bond donors (Lipinski definition) is 1. The first-order chi connectivity index (χ1) is 14.2. The highest BCUT2D eigenvalue weighted by Crippen LogP contribution is 2.33. The van der Waals surface area contributed by atoms with Crippen molar-refractivity contribution in [1.82, 2.24) is 9.62 Å². The Balaban J connectivity index is 1.56. The van der Waals surface area contributed by atoms with E-state index >= 15 is 0 Å². The summed E-state index contributed by atoms with van der Waals surface area (Å²) in [5, 5.41) is 3.34. The molecule has 0 bridgehead atoms. The molecule has 1 amide bonds. The molecule has 0 aliphatic carbocycles. The fourth-order valence-corrected chi connectivity index (χ4v) is 5.78. The molecule has 2 aliphatic heterocycles. The number of benzene rings is 2. The lowest BCUT2D eigenvalue weighted by Gasteiger charge is -2.36. The van der Waals surface area contributed by atoms with Crippen LogP contribution in [0.1, 0.15) is 24.0 Å². The van der Waals surface area contributed by atoms with E-state index in [-0.39, 0.29) is 23.9 Å². The molecule has 2 aromatic carbocycles. The number of carbonyl (C=O) groups is 1. The minimum Gasteiger partial charge on any atom is -0.497 e. The normalized spacial score (nSPS) is 18.9. The third kappa shape index (κ3) is 3.71. The first-order valence-electron chi connectivity index (χ1n) is 9.57. The van der Waals surface area contributed by atoms with Gasteiger partial charge in [0.15, 0.2) is 0 Å². The van der Waals surface area contributed by atoms with Gasteiger partial charge in [-0.15, -0.1) is 0 Å². The van der Waals surface area contributed by atoms with Crippen LogP contribution in [-0.4, -0.2) is 50.2 Å². The Morgan fingerprint density at radius 2 is 1.90 bits per heavy atom. The minimum absolute atomic E-state index is 0.210. The number of carbonyl (C=O) groups excluding carboxylic acids is 1. The average molecular weight is 448 g/mol. The SMILES string of the molecule is COc1cccc(C2=NC3(CCN(S(=O)(=O)c4cc(Cl)ccc4C)CC3)NC2=O)c1. The van der Waals surface area contributed by atoms with Crippen LogP contribution in [0.3, 0.4) is 0 Å². The fourth-order valence-electron chi connectivity index (χ4n) is 3.85. The van der Waals surface area contributed by atoms with Crippen molar-refractivity contribution in [2.75, 3.05) is 20.2 Å². The third-order valence-corrected chi connectivity index (χ3v) is 7.82. The summed E-state index contributed by atoms with van der Waals surface area (Å²) in [5.41, 5.74) is 0.877. The van der Waals surface area contributed by atoms with Crippen molar-refractivity contribution in [2.45, 2.75) is 30.3 Å². The average Bonchev–Trinajstić information content (AvgIpc) is 3.05. The van der Waals surface area contributed by atoms with Gasteiger partial charge in [-0.1, -0.05) is 29.8 Å². The van der Waals surface area contributed by atoms with Crippen LogP contribution in [0.25, 0.3) is 0 Å². The zero-order valence-corrected chi connectivity index (χ0v) is 18.3. The van der Waals surface area contributed by atoms with Crippen molar-refractivity contribution < 1.29 is 17.9 Å². The molecule has 1 saturated heterocycles. The molecule has 1 fully saturated rings. The smallest absolute Gasteiger partial charge is 0.272 e. The lowest BCUT2D eigenvalue weighted by Crippen LogP contribution is -2.52. The number of rotatable bonds is 4. The number of amides is 1. The van der Waals surface area contributed by atoms with Crippen molar-refractivity contribution in [2.24, 2.45) is 4.99 Å². The van der Waals surface area contributed by atoms with Gasteiger partial charge in [0, 0.05) is 36.5 Å². The van der Waals surface area contributed by atoms with Crippen molar-refractivity contribution in [1.29, 1.82) is 0 Å². The van der Waals surface area contributed by atoms with Crippen LogP contribution >= 0.6 is 11.6 Å². The lowest BCUT2D eigenvalue weighted by molar-refractivity contribution is -0.115. The second-order valence-electron chi connectivity index (χ2n) is 7.49. The minimum atomic E-state index is -3.68. The van der Waals surface area contributed by atoms with E-state index in [9.17, 15) is 13.2 Å². The molecule has 2 heterocycles. The molecule has 0 aromatic heterocycles. The molecule has 2 aliphatic rings. The van der Waals surface area contributed by atoms with Crippen LogP contribution in [0.5, 0.6) is 5.75 Å². The summed E-state index contributed by atoms with van der Waals surface area (Å²) >= 11 is 6.02.